The molecule has 0 spiro atoms. The van der Waals surface area contributed by atoms with Gasteiger partial charge < -0.3 is 10.2 Å². The quantitative estimate of drug-likeness (QED) is 0.929. The second-order valence-corrected chi connectivity index (χ2v) is 5.89. The summed E-state index contributed by atoms with van der Waals surface area (Å²) in [7, 11) is 0. The zero-order chi connectivity index (χ0) is 13.8. The van der Waals surface area contributed by atoms with Gasteiger partial charge in [0.1, 0.15) is 4.60 Å². The number of aromatic nitrogens is 2. The molecule has 20 heavy (non-hydrogen) atoms. The Hall–Kier alpha value is -1.17. The molecule has 1 aliphatic heterocycles. The molecule has 1 aliphatic rings. The van der Waals surface area contributed by atoms with Crippen molar-refractivity contribution in [2.45, 2.75) is 6.42 Å². The van der Waals surface area contributed by atoms with E-state index in [1.54, 1.807) is 6.20 Å². The van der Waals surface area contributed by atoms with Crippen molar-refractivity contribution in [2.75, 3.05) is 32.7 Å². The van der Waals surface area contributed by atoms with E-state index in [-0.39, 0.29) is 0 Å². The summed E-state index contributed by atoms with van der Waals surface area (Å²) in [5.41, 5.74) is 2.48. The van der Waals surface area contributed by atoms with E-state index in [1.807, 2.05) is 10.7 Å². The van der Waals surface area contributed by atoms with Crippen LogP contribution in [0.4, 0.5) is 0 Å². The number of halogens is 1. The molecule has 106 valence electrons. The molecule has 3 rings (SSSR count). The third kappa shape index (κ3) is 3.29. The first kappa shape index (κ1) is 13.8. The Balaban J connectivity index is 1.60. The van der Waals surface area contributed by atoms with E-state index in [0.29, 0.717) is 0 Å². The lowest BCUT2D eigenvalue weighted by atomic mass is 10.1. The molecule has 1 aromatic carbocycles. The molecule has 0 amide bonds. The minimum absolute atomic E-state index is 0.978. The first-order chi connectivity index (χ1) is 9.83. The van der Waals surface area contributed by atoms with Crippen LogP contribution in [0, 0.1) is 0 Å². The van der Waals surface area contributed by atoms with Gasteiger partial charge in [0.25, 0.3) is 0 Å². The summed E-state index contributed by atoms with van der Waals surface area (Å²) >= 11 is 3.49. The minimum atomic E-state index is 0.978. The van der Waals surface area contributed by atoms with E-state index < -0.39 is 0 Å². The molecule has 1 aromatic heterocycles. The van der Waals surface area contributed by atoms with Crippen LogP contribution in [0.3, 0.4) is 0 Å². The van der Waals surface area contributed by atoms with Crippen molar-refractivity contribution >= 4 is 15.9 Å². The fraction of sp³-hybridized carbons (Fsp3) is 0.400. The van der Waals surface area contributed by atoms with Crippen molar-refractivity contribution in [1.29, 1.82) is 0 Å². The normalized spacial score (nSPS) is 16.4. The van der Waals surface area contributed by atoms with Crippen LogP contribution in [0.1, 0.15) is 5.56 Å². The highest BCUT2D eigenvalue weighted by atomic mass is 79.9. The third-order valence-electron chi connectivity index (χ3n) is 3.70. The Morgan fingerprint density at radius 1 is 1.10 bits per heavy atom. The Morgan fingerprint density at radius 2 is 1.85 bits per heavy atom. The standard InChI is InChI=1S/C15H19BrN4/c16-15-5-7-18-20(15)14-3-1-13(2-4-14)6-10-19-11-8-17-9-12-19/h1-5,7,17H,6,8-12H2. The van der Waals surface area contributed by atoms with Crippen molar-refractivity contribution in [1.82, 2.24) is 20.0 Å². The average Bonchev–Trinajstić information content (AvgIpc) is 2.93. The van der Waals surface area contributed by atoms with Gasteiger partial charge in [0.05, 0.1) is 11.9 Å². The molecule has 0 saturated carbocycles. The van der Waals surface area contributed by atoms with Gasteiger partial charge in [-0.2, -0.15) is 5.10 Å². The van der Waals surface area contributed by atoms with Crippen molar-refractivity contribution in [3.63, 3.8) is 0 Å². The highest BCUT2D eigenvalue weighted by Gasteiger charge is 2.09. The zero-order valence-corrected chi connectivity index (χ0v) is 13.0. The molecule has 1 saturated heterocycles. The van der Waals surface area contributed by atoms with Crippen LogP contribution in [0.5, 0.6) is 0 Å². The van der Waals surface area contributed by atoms with Crippen LogP contribution in [0.25, 0.3) is 5.69 Å². The summed E-state index contributed by atoms with van der Waals surface area (Å²) in [5.74, 6) is 0. The number of hydrogen-bond donors (Lipinski definition) is 1. The maximum absolute atomic E-state index is 4.29. The van der Waals surface area contributed by atoms with E-state index in [4.69, 9.17) is 0 Å². The first-order valence-electron chi connectivity index (χ1n) is 7.05. The Bertz CT molecular complexity index is 543. The predicted octanol–water partition coefficient (Wildman–Crippen LogP) is 2.08. The highest BCUT2D eigenvalue weighted by Crippen LogP contribution is 2.16. The molecule has 0 unspecified atom stereocenters. The largest absolute Gasteiger partial charge is 0.314 e. The van der Waals surface area contributed by atoms with Crippen LogP contribution in [0.15, 0.2) is 41.1 Å². The van der Waals surface area contributed by atoms with Crippen molar-refractivity contribution in [2.24, 2.45) is 0 Å². The average molecular weight is 335 g/mol. The van der Waals surface area contributed by atoms with Gasteiger partial charge in [0.15, 0.2) is 0 Å². The summed E-state index contributed by atoms with van der Waals surface area (Å²) in [4.78, 5) is 2.52. The Labute approximate surface area is 127 Å². The molecule has 2 aromatic rings. The van der Waals surface area contributed by atoms with Gasteiger partial charge in [-0.05, 0) is 46.1 Å². The van der Waals surface area contributed by atoms with E-state index in [1.165, 1.54) is 5.56 Å². The minimum Gasteiger partial charge on any atom is -0.314 e. The smallest absolute Gasteiger partial charge is 0.109 e. The van der Waals surface area contributed by atoms with E-state index >= 15 is 0 Å². The number of rotatable bonds is 4. The van der Waals surface area contributed by atoms with Crippen molar-refractivity contribution in [3.8, 4) is 5.69 Å². The molecule has 0 radical (unpaired) electrons. The number of hydrogen-bond acceptors (Lipinski definition) is 3. The molecular weight excluding hydrogens is 316 g/mol. The van der Waals surface area contributed by atoms with Gasteiger partial charge in [-0.25, -0.2) is 4.68 Å². The van der Waals surface area contributed by atoms with E-state index in [0.717, 1.165) is 49.4 Å². The predicted molar refractivity (Wildman–Crippen MR) is 84.3 cm³/mol. The van der Waals surface area contributed by atoms with Gasteiger partial charge in [-0.3, -0.25) is 0 Å². The fourth-order valence-electron chi connectivity index (χ4n) is 2.50. The van der Waals surface area contributed by atoms with Gasteiger partial charge >= 0.3 is 0 Å². The molecule has 2 heterocycles. The number of benzene rings is 1. The Kier molecular flexibility index (Phi) is 4.50. The topological polar surface area (TPSA) is 33.1 Å². The molecule has 4 nitrogen and oxygen atoms in total. The lowest BCUT2D eigenvalue weighted by Gasteiger charge is -2.27. The third-order valence-corrected chi connectivity index (χ3v) is 4.30. The molecule has 0 aliphatic carbocycles. The summed E-state index contributed by atoms with van der Waals surface area (Å²) in [5, 5.41) is 7.68. The molecule has 1 fully saturated rings. The van der Waals surface area contributed by atoms with Crippen LogP contribution in [-0.4, -0.2) is 47.4 Å². The van der Waals surface area contributed by atoms with Crippen molar-refractivity contribution in [3.05, 3.63) is 46.7 Å². The van der Waals surface area contributed by atoms with Crippen LogP contribution in [0.2, 0.25) is 0 Å². The summed E-state index contributed by atoms with van der Waals surface area (Å²) in [6.45, 7) is 5.71. The second kappa shape index (κ2) is 6.52. The lowest BCUT2D eigenvalue weighted by Crippen LogP contribution is -2.44. The number of nitrogens with one attached hydrogen (secondary N) is 1. The van der Waals surface area contributed by atoms with Gasteiger partial charge in [-0.15, -0.1) is 0 Å². The lowest BCUT2D eigenvalue weighted by molar-refractivity contribution is 0.244. The van der Waals surface area contributed by atoms with Gasteiger partial charge in [0, 0.05) is 32.7 Å². The maximum atomic E-state index is 4.29. The molecule has 1 N–H and O–H groups in total. The summed E-state index contributed by atoms with van der Waals surface area (Å²) in [6.07, 6.45) is 2.91. The van der Waals surface area contributed by atoms with Gasteiger partial charge in [0.2, 0.25) is 0 Å². The van der Waals surface area contributed by atoms with Crippen molar-refractivity contribution < 1.29 is 0 Å². The first-order valence-corrected chi connectivity index (χ1v) is 7.84. The zero-order valence-electron chi connectivity index (χ0n) is 11.4. The SMILES string of the molecule is Brc1ccnn1-c1ccc(CCN2CCNCC2)cc1. The highest BCUT2D eigenvalue weighted by molar-refractivity contribution is 9.10. The number of piperazine rings is 1. The summed E-state index contributed by atoms with van der Waals surface area (Å²) in [6, 6.07) is 10.6. The summed E-state index contributed by atoms with van der Waals surface area (Å²) < 4.78 is 2.87. The van der Waals surface area contributed by atoms with Crippen LogP contribution < -0.4 is 5.32 Å². The molecular formula is C15H19BrN4. The van der Waals surface area contributed by atoms with E-state index in [9.17, 15) is 0 Å². The monoisotopic (exact) mass is 334 g/mol. The van der Waals surface area contributed by atoms with Gasteiger partial charge in [-0.1, -0.05) is 12.1 Å². The molecule has 0 bridgehead atoms. The fourth-order valence-corrected chi connectivity index (χ4v) is 2.92. The molecule has 5 heteroatoms. The maximum Gasteiger partial charge on any atom is 0.109 e. The molecule has 0 atom stereocenters. The van der Waals surface area contributed by atoms with E-state index in [2.05, 4.69) is 55.5 Å². The van der Waals surface area contributed by atoms with Crippen LogP contribution in [-0.2, 0) is 6.42 Å². The Morgan fingerprint density at radius 3 is 2.50 bits per heavy atom. The second-order valence-electron chi connectivity index (χ2n) is 5.07. The van der Waals surface area contributed by atoms with Crippen LogP contribution >= 0.6 is 15.9 Å². The number of nitrogens with zero attached hydrogens (tertiary/aromatic N) is 3.